The maximum Gasteiger partial charge on any atom is 0.339 e. The lowest BCUT2D eigenvalue weighted by Gasteiger charge is -2.33. The molecule has 106 valence electrons. The minimum absolute atomic E-state index is 0.0265. The molecule has 0 aromatic heterocycles. The number of phenols is 1. The second-order valence-corrected chi connectivity index (χ2v) is 5.26. The number of hydrogen-bond acceptors (Lipinski definition) is 2. The smallest absolute Gasteiger partial charge is 0.339 e. The Kier molecular flexibility index (Phi) is 4.28. The average molecular weight is 272 g/mol. The van der Waals surface area contributed by atoms with Crippen LogP contribution in [0.25, 0.3) is 0 Å². The van der Waals surface area contributed by atoms with Crippen molar-refractivity contribution in [2.24, 2.45) is 0 Å². The maximum atomic E-state index is 11.2. The molecule has 0 bridgehead atoms. The summed E-state index contributed by atoms with van der Waals surface area (Å²) in [5.41, 5.74) is 0.396. The fraction of sp³-hybridized carbons (Fsp3) is 0.353. The topological polar surface area (TPSA) is 57.5 Å². The molecule has 2 rings (SSSR count). The highest BCUT2D eigenvalue weighted by Crippen LogP contribution is 2.42. The standard InChI is InChI=1S/C17H20O3/c1-2-3-10-17(11-5-4-6-12-17)14-9-7-8-13(15(14)18)16(19)20/h4-9,11,18H,2-3,10,12H2,1H3,(H,19,20). The zero-order chi connectivity index (χ0) is 14.6. The van der Waals surface area contributed by atoms with E-state index in [9.17, 15) is 9.90 Å². The van der Waals surface area contributed by atoms with Crippen LogP contribution in [0.5, 0.6) is 5.75 Å². The number of rotatable bonds is 5. The molecule has 0 heterocycles. The van der Waals surface area contributed by atoms with E-state index in [1.165, 1.54) is 6.07 Å². The van der Waals surface area contributed by atoms with Gasteiger partial charge in [0, 0.05) is 11.0 Å². The van der Waals surface area contributed by atoms with Gasteiger partial charge < -0.3 is 10.2 Å². The maximum absolute atomic E-state index is 11.2. The normalized spacial score (nSPS) is 21.1. The first-order chi connectivity index (χ1) is 9.60. The van der Waals surface area contributed by atoms with Gasteiger partial charge in [-0.15, -0.1) is 0 Å². The molecule has 2 N–H and O–H groups in total. The van der Waals surface area contributed by atoms with E-state index in [1.807, 2.05) is 18.2 Å². The predicted octanol–water partition coefficient (Wildman–Crippen LogP) is 4.03. The summed E-state index contributed by atoms with van der Waals surface area (Å²) in [5, 5.41) is 19.5. The Hall–Kier alpha value is -2.03. The zero-order valence-corrected chi connectivity index (χ0v) is 11.7. The van der Waals surface area contributed by atoms with Crippen molar-refractivity contribution in [1.29, 1.82) is 0 Å². The molecule has 3 nitrogen and oxygen atoms in total. The van der Waals surface area contributed by atoms with E-state index in [4.69, 9.17) is 5.11 Å². The second kappa shape index (κ2) is 5.95. The third kappa shape index (κ3) is 2.62. The van der Waals surface area contributed by atoms with Crippen LogP contribution in [0, 0.1) is 0 Å². The Bertz CT molecular complexity index is 557. The molecule has 1 aliphatic carbocycles. The van der Waals surface area contributed by atoms with Gasteiger partial charge in [-0.2, -0.15) is 0 Å². The van der Waals surface area contributed by atoms with Gasteiger partial charge in [0.05, 0.1) is 0 Å². The summed E-state index contributed by atoms with van der Waals surface area (Å²) in [6.07, 6.45) is 11.9. The summed E-state index contributed by atoms with van der Waals surface area (Å²) >= 11 is 0. The number of allylic oxidation sites excluding steroid dienone is 4. The molecule has 0 aliphatic heterocycles. The molecule has 0 amide bonds. The molecule has 1 unspecified atom stereocenters. The highest BCUT2D eigenvalue weighted by Gasteiger charge is 2.32. The summed E-state index contributed by atoms with van der Waals surface area (Å²) in [5.74, 6) is -1.19. The second-order valence-electron chi connectivity index (χ2n) is 5.26. The molecular formula is C17H20O3. The highest BCUT2D eigenvalue weighted by atomic mass is 16.4. The van der Waals surface area contributed by atoms with Crippen molar-refractivity contribution in [3.63, 3.8) is 0 Å². The Morgan fingerprint density at radius 2 is 2.15 bits per heavy atom. The summed E-state index contributed by atoms with van der Waals surface area (Å²) in [6, 6.07) is 4.98. The predicted molar refractivity (Wildman–Crippen MR) is 79.2 cm³/mol. The summed E-state index contributed by atoms with van der Waals surface area (Å²) in [7, 11) is 0. The lowest BCUT2D eigenvalue weighted by molar-refractivity contribution is 0.0693. The number of carboxylic acids is 1. The Labute approximate surface area is 119 Å². The Balaban J connectivity index is 2.49. The van der Waals surface area contributed by atoms with Crippen molar-refractivity contribution in [3.05, 3.63) is 53.6 Å². The fourth-order valence-corrected chi connectivity index (χ4v) is 2.79. The molecule has 1 atom stereocenters. The molecule has 1 aliphatic rings. The van der Waals surface area contributed by atoms with Gasteiger partial charge in [0.15, 0.2) is 0 Å². The van der Waals surface area contributed by atoms with Gasteiger partial charge >= 0.3 is 5.97 Å². The Morgan fingerprint density at radius 3 is 2.75 bits per heavy atom. The van der Waals surface area contributed by atoms with Crippen LogP contribution in [0.1, 0.15) is 48.5 Å². The van der Waals surface area contributed by atoms with Crippen LogP contribution in [0.4, 0.5) is 0 Å². The molecule has 0 saturated carbocycles. The average Bonchev–Trinajstić information content (AvgIpc) is 2.46. The molecule has 0 saturated heterocycles. The number of para-hydroxylation sites is 1. The first-order valence-electron chi connectivity index (χ1n) is 7.01. The van der Waals surface area contributed by atoms with E-state index in [2.05, 4.69) is 19.1 Å². The van der Waals surface area contributed by atoms with Crippen LogP contribution in [-0.2, 0) is 5.41 Å². The third-order valence-corrected chi connectivity index (χ3v) is 3.92. The lowest BCUT2D eigenvalue weighted by atomic mass is 9.71. The van der Waals surface area contributed by atoms with Crippen LogP contribution < -0.4 is 0 Å². The number of unbranched alkanes of at least 4 members (excludes halogenated alkanes) is 1. The van der Waals surface area contributed by atoms with Crippen LogP contribution >= 0.6 is 0 Å². The van der Waals surface area contributed by atoms with Crippen LogP contribution in [0.3, 0.4) is 0 Å². The zero-order valence-electron chi connectivity index (χ0n) is 11.7. The molecule has 0 spiro atoms. The number of benzene rings is 1. The number of hydrogen-bond donors (Lipinski definition) is 2. The molecule has 0 radical (unpaired) electrons. The van der Waals surface area contributed by atoms with Gasteiger partial charge in [-0.05, 0) is 18.9 Å². The Morgan fingerprint density at radius 1 is 1.35 bits per heavy atom. The van der Waals surface area contributed by atoms with Crippen LogP contribution in [-0.4, -0.2) is 16.2 Å². The minimum Gasteiger partial charge on any atom is -0.507 e. The monoisotopic (exact) mass is 272 g/mol. The van der Waals surface area contributed by atoms with Gasteiger partial charge in [-0.3, -0.25) is 0 Å². The number of aromatic hydroxyl groups is 1. The first-order valence-corrected chi connectivity index (χ1v) is 7.01. The molecule has 1 aromatic carbocycles. The lowest BCUT2D eigenvalue weighted by Crippen LogP contribution is -2.25. The van der Waals surface area contributed by atoms with Gasteiger partial charge in [-0.1, -0.05) is 56.2 Å². The first kappa shape index (κ1) is 14.4. The van der Waals surface area contributed by atoms with Crippen LogP contribution in [0.2, 0.25) is 0 Å². The molecule has 3 heteroatoms. The summed E-state index contributed by atoms with van der Waals surface area (Å²) in [6.45, 7) is 2.13. The minimum atomic E-state index is -1.09. The van der Waals surface area contributed by atoms with Crippen molar-refractivity contribution in [2.75, 3.05) is 0 Å². The third-order valence-electron chi connectivity index (χ3n) is 3.92. The fourth-order valence-electron chi connectivity index (χ4n) is 2.79. The number of carbonyl (C=O) groups is 1. The summed E-state index contributed by atoms with van der Waals surface area (Å²) in [4.78, 5) is 11.2. The quantitative estimate of drug-likeness (QED) is 0.850. The SMILES string of the molecule is CCCCC1(c2cccc(C(=O)O)c2O)C=CC=CC1. The van der Waals surface area contributed by atoms with E-state index >= 15 is 0 Å². The molecule has 0 fully saturated rings. The largest absolute Gasteiger partial charge is 0.507 e. The van der Waals surface area contributed by atoms with E-state index in [-0.39, 0.29) is 16.7 Å². The number of aromatic carboxylic acids is 1. The van der Waals surface area contributed by atoms with Crippen LogP contribution in [0.15, 0.2) is 42.5 Å². The van der Waals surface area contributed by atoms with Gasteiger partial charge in [-0.25, -0.2) is 4.79 Å². The van der Waals surface area contributed by atoms with E-state index in [0.29, 0.717) is 5.56 Å². The van der Waals surface area contributed by atoms with Gasteiger partial charge in [0.1, 0.15) is 11.3 Å². The van der Waals surface area contributed by atoms with E-state index in [1.54, 1.807) is 6.07 Å². The van der Waals surface area contributed by atoms with Crippen molar-refractivity contribution in [1.82, 2.24) is 0 Å². The van der Waals surface area contributed by atoms with Gasteiger partial charge in [0.25, 0.3) is 0 Å². The van der Waals surface area contributed by atoms with Crippen molar-refractivity contribution >= 4 is 5.97 Å². The van der Waals surface area contributed by atoms with Crippen molar-refractivity contribution in [3.8, 4) is 5.75 Å². The van der Waals surface area contributed by atoms with Crippen molar-refractivity contribution in [2.45, 2.75) is 38.0 Å². The molecule has 1 aromatic rings. The highest BCUT2D eigenvalue weighted by molar-refractivity contribution is 5.91. The van der Waals surface area contributed by atoms with Crippen molar-refractivity contribution < 1.29 is 15.0 Å². The number of carboxylic acid groups (broad SMARTS) is 1. The molecule has 20 heavy (non-hydrogen) atoms. The van der Waals surface area contributed by atoms with E-state index in [0.717, 1.165) is 25.7 Å². The van der Waals surface area contributed by atoms with Gasteiger partial charge in [0.2, 0.25) is 0 Å². The van der Waals surface area contributed by atoms with E-state index < -0.39 is 5.97 Å². The molecular weight excluding hydrogens is 252 g/mol. The summed E-state index contributed by atoms with van der Waals surface area (Å²) < 4.78 is 0.